The van der Waals surface area contributed by atoms with Crippen LogP contribution < -0.4 is 37.6 Å². The van der Waals surface area contributed by atoms with E-state index in [9.17, 15) is 77.6 Å². The number of carbonyl (C=O) groups excluding carboxylic acids is 6. The van der Waals surface area contributed by atoms with Gasteiger partial charge < -0.3 is 73.4 Å². The van der Waals surface area contributed by atoms with E-state index in [1.807, 2.05) is 16.0 Å². The van der Waals surface area contributed by atoms with Gasteiger partial charge in [-0.3, -0.25) is 57.5 Å². The van der Waals surface area contributed by atoms with Gasteiger partial charge in [-0.25, -0.2) is 4.79 Å². The lowest BCUT2D eigenvalue weighted by Crippen LogP contribution is -2.58. The van der Waals surface area contributed by atoms with E-state index in [4.69, 9.17) is 26.2 Å². The summed E-state index contributed by atoms with van der Waals surface area (Å²) in [7, 11) is 0. The van der Waals surface area contributed by atoms with Crippen molar-refractivity contribution in [3.63, 3.8) is 0 Å². The van der Waals surface area contributed by atoms with Crippen molar-refractivity contribution in [1.29, 1.82) is 0 Å². The fourth-order valence-electron chi connectivity index (χ4n) is 4.56. The van der Waals surface area contributed by atoms with E-state index in [-0.39, 0.29) is 6.42 Å². The summed E-state index contributed by atoms with van der Waals surface area (Å²) in [5.74, 6) is -17.9. The topological polar surface area (TPSA) is 462 Å². The summed E-state index contributed by atoms with van der Waals surface area (Å²) >= 11 is 0. The molecule has 324 valence electrons. The quantitative estimate of drug-likeness (QED) is 0.0321. The number of aliphatic carboxylic acids is 7. The Bertz CT molecular complexity index is 1590. The van der Waals surface area contributed by atoms with Crippen molar-refractivity contribution in [3.8, 4) is 0 Å². The molecular formula is C31H45N7O20. The summed E-state index contributed by atoms with van der Waals surface area (Å²) < 4.78 is 0. The molecule has 58 heavy (non-hydrogen) atoms. The summed E-state index contributed by atoms with van der Waals surface area (Å²) in [5.41, 5.74) is 5.65. The molecular weight excluding hydrogens is 790 g/mol. The summed E-state index contributed by atoms with van der Waals surface area (Å²) in [6.45, 7) is -1.04. The predicted molar refractivity (Wildman–Crippen MR) is 185 cm³/mol. The Hall–Kier alpha value is -6.93. The Labute approximate surface area is 326 Å². The molecule has 6 amide bonds. The van der Waals surface area contributed by atoms with E-state index < -0.39 is 184 Å². The van der Waals surface area contributed by atoms with E-state index in [0.29, 0.717) is 0 Å². The van der Waals surface area contributed by atoms with Gasteiger partial charge in [-0.15, -0.1) is 0 Å². The molecule has 0 heterocycles. The molecule has 0 aromatic heterocycles. The third-order valence-corrected chi connectivity index (χ3v) is 7.56. The van der Waals surface area contributed by atoms with E-state index in [1.165, 1.54) is 0 Å². The molecule has 0 rings (SSSR count). The highest BCUT2D eigenvalue weighted by Gasteiger charge is 2.33. The molecule has 0 aromatic carbocycles. The standard InChI is InChI=1S/C31H45N7O20/c32-13(1-6-20(40)41)26(52)35-16(4-9-23(46)47)29(55)37-17(5-10-24(48)49)30(56)36-14(2-7-21(42)43)27(53)33-12-19(39)34-15(3-8-22(44)45)28(54)38-18(31(57)58)11-25(50)51/h13-18H,1-12,32H2,(H,33,53)(H,34,39)(H,35,52)(H,36,56)(H,37,55)(H,38,54)(H,40,41)(H,42,43)(H,44,45)(H,46,47)(H,48,49)(H,50,51)(H,57,58)/t13-,14-,15-,16-,17-,18-/m0/s1. The number of nitrogens with two attached hydrogens (primary N) is 1. The predicted octanol–water partition coefficient (Wildman–Crippen LogP) is -5.26. The molecule has 0 aliphatic rings. The van der Waals surface area contributed by atoms with Gasteiger partial charge in [0.2, 0.25) is 35.4 Å². The van der Waals surface area contributed by atoms with Gasteiger partial charge in [0.1, 0.15) is 30.2 Å². The zero-order chi connectivity index (χ0) is 44.7. The zero-order valence-electron chi connectivity index (χ0n) is 30.5. The molecule has 0 saturated heterocycles. The Morgan fingerprint density at radius 3 is 1.03 bits per heavy atom. The van der Waals surface area contributed by atoms with Gasteiger partial charge >= 0.3 is 41.8 Å². The van der Waals surface area contributed by atoms with Gasteiger partial charge in [0.15, 0.2) is 0 Å². The van der Waals surface area contributed by atoms with Crippen LogP contribution in [0.3, 0.4) is 0 Å². The second-order valence-electron chi connectivity index (χ2n) is 12.3. The van der Waals surface area contributed by atoms with E-state index in [1.54, 1.807) is 0 Å². The van der Waals surface area contributed by atoms with Crippen LogP contribution in [0.5, 0.6) is 0 Å². The van der Waals surface area contributed by atoms with Gasteiger partial charge in [-0.1, -0.05) is 0 Å². The van der Waals surface area contributed by atoms with Gasteiger partial charge in [0.25, 0.3) is 0 Å². The lowest BCUT2D eigenvalue weighted by atomic mass is 10.0. The minimum atomic E-state index is -1.99. The van der Waals surface area contributed by atoms with Crippen molar-refractivity contribution in [1.82, 2.24) is 31.9 Å². The maximum absolute atomic E-state index is 13.4. The number of carboxylic acids is 7. The maximum Gasteiger partial charge on any atom is 0.326 e. The summed E-state index contributed by atoms with van der Waals surface area (Å²) in [4.78, 5) is 156. The van der Waals surface area contributed by atoms with Crippen molar-refractivity contribution in [3.05, 3.63) is 0 Å². The van der Waals surface area contributed by atoms with Crippen LogP contribution in [0.1, 0.15) is 70.6 Å². The van der Waals surface area contributed by atoms with E-state index in [2.05, 4.69) is 16.0 Å². The number of hydrogen-bond acceptors (Lipinski definition) is 14. The first-order valence-electron chi connectivity index (χ1n) is 17.0. The Morgan fingerprint density at radius 2 is 0.690 bits per heavy atom. The average molecular weight is 836 g/mol. The summed E-state index contributed by atoms with van der Waals surface area (Å²) in [5, 5.41) is 75.6. The number of amides is 6. The first kappa shape index (κ1) is 51.1. The van der Waals surface area contributed by atoms with Crippen LogP contribution in [-0.4, -0.2) is 156 Å². The average Bonchev–Trinajstić information content (AvgIpc) is 3.11. The first-order valence-corrected chi connectivity index (χ1v) is 17.0. The van der Waals surface area contributed by atoms with Crippen LogP contribution in [-0.2, 0) is 62.3 Å². The third-order valence-electron chi connectivity index (χ3n) is 7.56. The molecule has 27 nitrogen and oxygen atoms in total. The van der Waals surface area contributed by atoms with Crippen molar-refractivity contribution in [2.45, 2.75) is 107 Å². The Morgan fingerprint density at radius 1 is 0.379 bits per heavy atom. The molecule has 0 saturated carbocycles. The van der Waals surface area contributed by atoms with Crippen molar-refractivity contribution >= 4 is 77.2 Å². The fraction of sp³-hybridized carbons (Fsp3) is 0.581. The molecule has 0 aromatic rings. The monoisotopic (exact) mass is 835 g/mol. The summed E-state index contributed by atoms with van der Waals surface area (Å²) in [6, 6.07) is -10.6. The minimum absolute atomic E-state index is 0.387. The van der Waals surface area contributed by atoms with E-state index in [0.717, 1.165) is 0 Å². The van der Waals surface area contributed by atoms with Crippen LogP contribution in [0, 0.1) is 0 Å². The zero-order valence-corrected chi connectivity index (χ0v) is 30.5. The molecule has 0 radical (unpaired) electrons. The van der Waals surface area contributed by atoms with E-state index >= 15 is 0 Å². The van der Waals surface area contributed by atoms with Crippen LogP contribution in [0.15, 0.2) is 0 Å². The highest BCUT2D eigenvalue weighted by Crippen LogP contribution is 2.07. The molecule has 0 spiro atoms. The van der Waals surface area contributed by atoms with Gasteiger partial charge in [0, 0.05) is 32.1 Å². The van der Waals surface area contributed by atoms with Crippen LogP contribution in [0.2, 0.25) is 0 Å². The molecule has 0 fully saturated rings. The molecule has 27 heteroatoms. The number of nitrogens with one attached hydrogen (secondary N) is 6. The van der Waals surface area contributed by atoms with Crippen LogP contribution in [0.25, 0.3) is 0 Å². The van der Waals surface area contributed by atoms with Crippen LogP contribution >= 0.6 is 0 Å². The number of hydrogen-bond donors (Lipinski definition) is 14. The smallest absolute Gasteiger partial charge is 0.326 e. The van der Waals surface area contributed by atoms with Crippen molar-refractivity contribution in [2.75, 3.05) is 6.54 Å². The normalized spacial score (nSPS) is 13.7. The second-order valence-corrected chi connectivity index (χ2v) is 12.3. The lowest BCUT2D eigenvalue weighted by molar-refractivity contribution is -0.147. The number of carboxylic acid groups (broad SMARTS) is 7. The van der Waals surface area contributed by atoms with Crippen molar-refractivity contribution < 1.29 is 98.1 Å². The molecule has 0 aliphatic carbocycles. The van der Waals surface area contributed by atoms with Gasteiger partial charge in [0.05, 0.1) is 19.0 Å². The largest absolute Gasteiger partial charge is 0.481 e. The molecule has 0 aliphatic heterocycles. The third kappa shape index (κ3) is 22.4. The van der Waals surface area contributed by atoms with Gasteiger partial charge in [-0.05, 0) is 32.1 Å². The highest BCUT2D eigenvalue weighted by atomic mass is 16.4. The fourth-order valence-corrected chi connectivity index (χ4v) is 4.56. The highest BCUT2D eigenvalue weighted by molar-refractivity contribution is 5.97. The number of carbonyl (C=O) groups is 13. The molecule has 0 unspecified atom stereocenters. The van der Waals surface area contributed by atoms with Crippen molar-refractivity contribution in [2.24, 2.45) is 5.73 Å². The SMILES string of the molecule is N[C@@H](CCC(=O)O)C(=O)N[C@@H](CCC(=O)O)C(=O)N[C@@H](CCC(=O)O)C(=O)N[C@@H](CCC(=O)O)C(=O)NCC(=O)N[C@@H](CCC(=O)O)C(=O)N[C@@H](CC(=O)O)C(=O)O. The molecule has 6 atom stereocenters. The maximum atomic E-state index is 13.4. The number of rotatable bonds is 30. The molecule has 15 N–H and O–H groups in total. The Kier molecular flexibility index (Phi) is 22.9. The molecule has 0 bridgehead atoms. The lowest BCUT2D eigenvalue weighted by Gasteiger charge is -2.25. The first-order chi connectivity index (χ1) is 26.9. The summed E-state index contributed by atoms with van der Waals surface area (Å²) in [6.07, 6.45) is -7.69. The van der Waals surface area contributed by atoms with Crippen LogP contribution in [0.4, 0.5) is 0 Å². The Balaban J connectivity index is 6.13. The minimum Gasteiger partial charge on any atom is -0.481 e. The second kappa shape index (κ2) is 26.0. The van der Waals surface area contributed by atoms with Gasteiger partial charge in [-0.2, -0.15) is 0 Å².